The van der Waals surface area contributed by atoms with Crippen LogP contribution in [0.15, 0.2) is 40.8 Å². The minimum Gasteiger partial charge on any atom is -0.457 e. The highest BCUT2D eigenvalue weighted by Crippen LogP contribution is 2.29. The number of nitriles is 1. The fraction of sp³-hybridized carbons (Fsp3) is 0.250. The first-order valence-corrected chi connectivity index (χ1v) is 9.45. The quantitative estimate of drug-likeness (QED) is 0.459. The third kappa shape index (κ3) is 3.97. The second-order valence-electron chi connectivity index (χ2n) is 6.57. The molecule has 142 valence electrons. The van der Waals surface area contributed by atoms with Gasteiger partial charge < -0.3 is 9.15 Å². The molecule has 0 spiro atoms. The monoisotopic (exact) mass is 415 g/mol. The number of benzene rings is 2. The molecular weight excluding hydrogens is 401 g/mol. The van der Waals surface area contributed by atoms with Crippen molar-refractivity contribution < 1.29 is 13.9 Å². The molecule has 0 saturated carbocycles. The summed E-state index contributed by atoms with van der Waals surface area (Å²) < 4.78 is 11.4. The molecule has 3 aromatic rings. The van der Waals surface area contributed by atoms with Crippen molar-refractivity contribution in [1.82, 2.24) is 9.88 Å². The fourth-order valence-electron chi connectivity index (χ4n) is 3.21. The van der Waals surface area contributed by atoms with E-state index in [1.165, 1.54) is 0 Å². The van der Waals surface area contributed by atoms with Gasteiger partial charge in [0.25, 0.3) is 0 Å². The zero-order valence-corrected chi connectivity index (χ0v) is 16.2. The first-order valence-electron chi connectivity index (χ1n) is 8.69. The van der Waals surface area contributed by atoms with Crippen molar-refractivity contribution in [3.8, 4) is 17.5 Å². The zero-order chi connectivity index (χ0) is 19.7. The largest absolute Gasteiger partial charge is 0.457 e. The smallest absolute Gasteiger partial charge is 0.338 e. The number of ether oxygens (including phenoxy) is 1. The van der Waals surface area contributed by atoms with Crippen LogP contribution in [0.2, 0.25) is 10.0 Å². The summed E-state index contributed by atoms with van der Waals surface area (Å²) in [4.78, 5) is 18.9. The van der Waals surface area contributed by atoms with Gasteiger partial charge in [-0.05, 0) is 42.8 Å². The Kier molecular flexibility index (Phi) is 5.23. The molecule has 0 aliphatic carbocycles. The molecule has 4 rings (SSSR count). The number of hydrogen-bond donors (Lipinski definition) is 0. The molecule has 0 radical (unpaired) electrons. The Bertz CT molecular complexity index is 1070. The van der Waals surface area contributed by atoms with E-state index in [4.69, 9.17) is 37.6 Å². The van der Waals surface area contributed by atoms with Crippen molar-refractivity contribution in [3.05, 3.63) is 52.0 Å². The Morgan fingerprint density at radius 1 is 1.29 bits per heavy atom. The van der Waals surface area contributed by atoms with Gasteiger partial charge >= 0.3 is 5.97 Å². The lowest BCUT2D eigenvalue weighted by atomic mass is 10.2. The molecule has 0 N–H and O–H groups in total. The summed E-state index contributed by atoms with van der Waals surface area (Å²) in [5, 5.41) is 9.72. The predicted octanol–water partition coefficient (Wildman–Crippen LogP) is 4.56. The van der Waals surface area contributed by atoms with Crippen LogP contribution < -0.4 is 0 Å². The highest BCUT2D eigenvalue weighted by atomic mass is 35.5. The van der Waals surface area contributed by atoms with Gasteiger partial charge in [0, 0.05) is 28.7 Å². The van der Waals surface area contributed by atoms with E-state index in [0.717, 1.165) is 13.0 Å². The molecule has 1 atom stereocenters. The number of halogens is 2. The van der Waals surface area contributed by atoms with E-state index in [1.54, 1.807) is 36.4 Å². The molecule has 28 heavy (non-hydrogen) atoms. The summed E-state index contributed by atoms with van der Waals surface area (Å²) in [6.07, 6.45) is 0.507. The Morgan fingerprint density at radius 3 is 2.82 bits per heavy atom. The molecule has 2 aromatic carbocycles. The summed E-state index contributed by atoms with van der Waals surface area (Å²) in [5.74, 6) is -0.0534. The molecule has 1 aliphatic rings. The van der Waals surface area contributed by atoms with Gasteiger partial charge in [0.1, 0.15) is 11.6 Å². The maximum absolute atomic E-state index is 12.5. The molecule has 1 aromatic heterocycles. The number of oxazole rings is 1. The third-order valence-corrected chi connectivity index (χ3v) is 4.97. The first kappa shape index (κ1) is 18.8. The molecule has 0 amide bonds. The normalized spacial score (nSPS) is 17.0. The number of nitrogens with zero attached hydrogens (tertiary/aromatic N) is 3. The summed E-state index contributed by atoms with van der Waals surface area (Å²) in [5.41, 5.74) is 2.13. The van der Waals surface area contributed by atoms with Gasteiger partial charge in [-0.15, -0.1) is 0 Å². The van der Waals surface area contributed by atoms with Crippen LogP contribution in [0.4, 0.5) is 0 Å². The molecule has 0 bridgehead atoms. The van der Waals surface area contributed by atoms with Gasteiger partial charge in [-0.2, -0.15) is 5.26 Å². The first-order chi connectivity index (χ1) is 13.5. The standard InChI is InChI=1S/C20H15Cl2N3O3/c21-14-7-13(8-15(22)10-14)19-24-17-2-1-12(9-18(17)28-19)20(26)27-16-3-5-25(11-16)6-4-23/h1-2,7-10,16H,3,5-6,11H2. The average molecular weight is 416 g/mol. The van der Waals surface area contributed by atoms with Crippen molar-refractivity contribution in [3.63, 3.8) is 0 Å². The molecular formula is C20H15Cl2N3O3. The lowest BCUT2D eigenvalue weighted by Crippen LogP contribution is -2.25. The molecule has 1 unspecified atom stereocenters. The lowest BCUT2D eigenvalue weighted by molar-refractivity contribution is 0.0325. The van der Waals surface area contributed by atoms with Crippen molar-refractivity contribution in [2.24, 2.45) is 0 Å². The Labute approximate surface area is 171 Å². The van der Waals surface area contributed by atoms with Crippen LogP contribution in [-0.2, 0) is 4.74 Å². The van der Waals surface area contributed by atoms with Crippen LogP contribution in [0.25, 0.3) is 22.6 Å². The number of fused-ring (bicyclic) bond motifs is 1. The van der Waals surface area contributed by atoms with Gasteiger partial charge in [0.2, 0.25) is 5.89 Å². The Morgan fingerprint density at radius 2 is 2.07 bits per heavy atom. The predicted molar refractivity (Wildman–Crippen MR) is 105 cm³/mol. The van der Waals surface area contributed by atoms with Gasteiger partial charge in [-0.1, -0.05) is 23.2 Å². The second kappa shape index (κ2) is 7.80. The van der Waals surface area contributed by atoms with Crippen LogP contribution in [0, 0.1) is 11.3 Å². The van der Waals surface area contributed by atoms with Crippen molar-refractivity contribution in [1.29, 1.82) is 5.26 Å². The molecule has 1 saturated heterocycles. The molecule has 1 fully saturated rings. The van der Waals surface area contributed by atoms with Crippen molar-refractivity contribution in [2.75, 3.05) is 19.6 Å². The van der Waals surface area contributed by atoms with E-state index in [0.29, 0.717) is 51.3 Å². The molecule has 8 heteroatoms. The SMILES string of the molecule is N#CCN1CCC(OC(=O)c2ccc3nc(-c4cc(Cl)cc(Cl)c4)oc3c2)C1. The van der Waals surface area contributed by atoms with Gasteiger partial charge in [-0.3, -0.25) is 4.90 Å². The number of aromatic nitrogens is 1. The van der Waals surface area contributed by atoms with Gasteiger partial charge in [0.05, 0.1) is 18.2 Å². The number of carbonyl (C=O) groups excluding carboxylic acids is 1. The number of likely N-dealkylation sites (tertiary alicyclic amines) is 1. The molecule has 6 nitrogen and oxygen atoms in total. The fourth-order valence-corrected chi connectivity index (χ4v) is 3.73. The van der Waals surface area contributed by atoms with Crippen molar-refractivity contribution >= 4 is 40.3 Å². The van der Waals surface area contributed by atoms with E-state index in [2.05, 4.69) is 11.1 Å². The highest BCUT2D eigenvalue weighted by molar-refractivity contribution is 6.35. The van der Waals surface area contributed by atoms with E-state index in [9.17, 15) is 4.79 Å². The number of carbonyl (C=O) groups is 1. The maximum Gasteiger partial charge on any atom is 0.338 e. The van der Waals surface area contributed by atoms with Crippen LogP contribution >= 0.6 is 23.2 Å². The molecule has 2 heterocycles. The minimum atomic E-state index is -0.422. The number of esters is 1. The van der Waals surface area contributed by atoms with E-state index >= 15 is 0 Å². The third-order valence-electron chi connectivity index (χ3n) is 4.53. The highest BCUT2D eigenvalue weighted by Gasteiger charge is 2.26. The summed E-state index contributed by atoms with van der Waals surface area (Å²) >= 11 is 12.1. The van der Waals surface area contributed by atoms with E-state index < -0.39 is 5.97 Å². The van der Waals surface area contributed by atoms with E-state index in [-0.39, 0.29) is 6.10 Å². The number of hydrogen-bond acceptors (Lipinski definition) is 6. The van der Waals surface area contributed by atoms with Crippen LogP contribution in [-0.4, -0.2) is 41.6 Å². The zero-order valence-electron chi connectivity index (χ0n) is 14.7. The summed E-state index contributed by atoms with van der Waals surface area (Å²) in [6, 6.07) is 12.1. The van der Waals surface area contributed by atoms with Crippen molar-refractivity contribution in [2.45, 2.75) is 12.5 Å². The molecule has 1 aliphatic heterocycles. The lowest BCUT2D eigenvalue weighted by Gasteiger charge is -2.13. The topological polar surface area (TPSA) is 79.4 Å². The Balaban J connectivity index is 1.53. The number of rotatable bonds is 4. The maximum atomic E-state index is 12.5. The minimum absolute atomic E-state index is 0.213. The summed E-state index contributed by atoms with van der Waals surface area (Å²) in [6.45, 7) is 1.66. The van der Waals surface area contributed by atoms with E-state index in [1.807, 2.05) is 4.90 Å². The van der Waals surface area contributed by atoms with Crippen LogP contribution in [0.3, 0.4) is 0 Å². The summed E-state index contributed by atoms with van der Waals surface area (Å²) in [7, 11) is 0. The average Bonchev–Trinajstić information content (AvgIpc) is 3.27. The second-order valence-corrected chi connectivity index (χ2v) is 7.44. The van der Waals surface area contributed by atoms with Crippen LogP contribution in [0.5, 0.6) is 0 Å². The van der Waals surface area contributed by atoms with Gasteiger partial charge in [0.15, 0.2) is 5.58 Å². The Hall–Kier alpha value is -2.59. The van der Waals surface area contributed by atoms with Crippen LogP contribution in [0.1, 0.15) is 16.8 Å². The van der Waals surface area contributed by atoms with Gasteiger partial charge in [-0.25, -0.2) is 9.78 Å².